The van der Waals surface area contributed by atoms with Gasteiger partial charge in [0.1, 0.15) is 5.78 Å². The van der Waals surface area contributed by atoms with Crippen LogP contribution in [0.25, 0.3) is 0 Å². The van der Waals surface area contributed by atoms with Crippen LogP contribution < -0.4 is 0 Å². The second kappa shape index (κ2) is 6.23. The molecule has 1 heterocycles. The highest BCUT2D eigenvalue weighted by Gasteiger charge is 2.81. The first kappa shape index (κ1) is 17.3. The average Bonchev–Trinajstić information content (AvgIpc) is 3.20. The van der Waals surface area contributed by atoms with Crippen molar-refractivity contribution >= 4 is 29.3 Å². The molecule has 2 saturated carbocycles. The molecule has 24 heavy (non-hydrogen) atoms. The van der Waals surface area contributed by atoms with Crippen LogP contribution in [-0.2, 0) is 4.79 Å². The highest BCUT2D eigenvalue weighted by atomic mass is 32.2. The van der Waals surface area contributed by atoms with E-state index in [4.69, 9.17) is 0 Å². The van der Waals surface area contributed by atoms with Gasteiger partial charge in [-0.2, -0.15) is 23.5 Å². The summed E-state index contributed by atoms with van der Waals surface area (Å²) in [6.45, 7) is 8.60. The van der Waals surface area contributed by atoms with Crippen LogP contribution in [0.5, 0.6) is 0 Å². The van der Waals surface area contributed by atoms with Gasteiger partial charge >= 0.3 is 0 Å². The predicted octanol–water partition coefficient (Wildman–Crippen LogP) is 5.66. The number of fused-ring (bicyclic) bond motifs is 3. The monoisotopic (exact) mass is 362 g/mol. The van der Waals surface area contributed by atoms with E-state index in [2.05, 4.69) is 50.0 Å². The first-order valence-corrected chi connectivity index (χ1v) is 11.7. The number of carbonyl (C=O) groups excluding carboxylic acids is 1. The highest BCUT2D eigenvalue weighted by Crippen LogP contribution is 2.78. The van der Waals surface area contributed by atoms with Gasteiger partial charge in [0.05, 0.1) is 0 Å². The molecule has 1 aliphatic heterocycles. The van der Waals surface area contributed by atoms with E-state index in [1.165, 1.54) is 55.6 Å². The van der Waals surface area contributed by atoms with Crippen molar-refractivity contribution in [1.82, 2.24) is 0 Å². The van der Waals surface area contributed by atoms with Crippen LogP contribution in [0, 0.1) is 17.3 Å². The maximum atomic E-state index is 13.2. The quantitative estimate of drug-likeness (QED) is 0.590. The molecule has 0 bridgehead atoms. The lowest BCUT2D eigenvalue weighted by molar-refractivity contribution is -0.126. The molecule has 0 unspecified atom stereocenters. The van der Waals surface area contributed by atoms with Gasteiger partial charge in [0.2, 0.25) is 0 Å². The standard InChI is InChI=1S/C21H30OS2/c1-14(2)16-12-17-20(3,18(22)13-16)21(17)19(23-10-7-11-24-21)15-8-5-4-6-9-15/h8,16-17,19H,1,4-7,9-13H2,2-3H3/t16-,17-,19+,20-,21+/m1/s1. The first-order valence-electron chi connectivity index (χ1n) is 9.65. The van der Waals surface area contributed by atoms with Crippen LogP contribution >= 0.6 is 23.5 Å². The number of carbonyl (C=O) groups is 1. The molecular weight excluding hydrogens is 332 g/mol. The van der Waals surface area contributed by atoms with Gasteiger partial charge in [0.15, 0.2) is 0 Å². The van der Waals surface area contributed by atoms with Gasteiger partial charge in [-0.05, 0) is 68.8 Å². The van der Waals surface area contributed by atoms with Crippen molar-refractivity contribution in [1.29, 1.82) is 0 Å². The molecule has 0 radical (unpaired) electrons. The lowest BCUT2D eigenvalue weighted by Crippen LogP contribution is -2.34. The van der Waals surface area contributed by atoms with Crippen LogP contribution in [0.3, 0.4) is 0 Å². The fourth-order valence-corrected chi connectivity index (χ4v) is 9.78. The lowest BCUT2D eigenvalue weighted by Gasteiger charge is -2.32. The maximum absolute atomic E-state index is 13.2. The van der Waals surface area contributed by atoms with Crippen molar-refractivity contribution in [2.75, 3.05) is 11.5 Å². The number of thioether (sulfide) groups is 2. The molecule has 3 heteroatoms. The zero-order valence-corrected chi connectivity index (χ0v) is 16.7. The van der Waals surface area contributed by atoms with Gasteiger partial charge < -0.3 is 0 Å². The van der Waals surface area contributed by atoms with Crippen molar-refractivity contribution in [2.24, 2.45) is 17.3 Å². The Labute approximate surface area is 155 Å². The summed E-state index contributed by atoms with van der Waals surface area (Å²) >= 11 is 4.34. The molecule has 1 spiro atoms. The summed E-state index contributed by atoms with van der Waals surface area (Å²) in [5.74, 6) is 4.01. The van der Waals surface area contributed by atoms with Crippen molar-refractivity contribution < 1.29 is 4.79 Å². The zero-order valence-electron chi connectivity index (χ0n) is 15.1. The van der Waals surface area contributed by atoms with E-state index >= 15 is 0 Å². The summed E-state index contributed by atoms with van der Waals surface area (Å²) in [5.41, 5.74) is 2.81. The number of hydrogen-bond donors (Lipinski definition) is 0. The minimum atomic E-state index is -0.0795. The fraction of sp³-hybridized carbons (Fsp3) is 0.762. The second-order valence-corrected chi connectivity index (χ2v) is 11.0. The molecule has 3 fully saturated rings. The van der Waals surface area contributed by atoms with Crippen molar-refractivity contribution in [3.05, 3.63) is 23.8 Å². The summed E-state index contributed by atoms with van der Waals surface area (Å²) < 4.78 is 0.179. The van der Waals surface area contributed by atoms with E-state index in [0.717, 1.165) is 6.42 Å². The SMILES string of the molecule is C=C(C)[C@H]1CC(=O)[C@@]2(C)[C@@H](C1)[C@@]21SCCCS[C@H]1C1=CCCCC1. The Hall–Kier alpha value is -0.150. The summed E-state index contributed by atoms with van der Waals surface area (Å²) in [5, 5.41) is 0.577. The van der Waals surface area contributed by atoms with Crippen molar-refractivity contribution in [3.63, 3.8) is 0 Å². The van der Waals surface area contributed by atoms with Crippen LogP contribution in [0.4, 0.5) is 0 Å². The Balaban J connectivity index is 1.72. The van der Waals surface area contributed by atoms with E-state index in [0.29, 0.717) is 22.9 Å². The summed E-state index contributed by atoms with van der Waals surface area (Å²) in [4.78, 5) is 13.2. The van der Waals surface area contributed by atoms with Crippen LogP contribution in [0.15, 0.2) is 23.8 Å². The first-order chi connectivity index (χ1) is 11.5. The predicted molar refractivity (Wildman–Crippen MR) is 107 cm³/mol. The number of hydrogen-bond acceptors (Lipinski definition) is 3. The van der Waals surface area contributed by atoms with Gasteiger partial charge in [-0.25, -0.2) is 0 Å². The molecular formula is C21H30OS2. The Morgan fingerprint density at radius 3 is 2.83 bits per heavy atom. The number of allylic oxidation sites excluding steroid dienone is 2. The molecule has 4 aliphatic rings. The molecule has 0 N–H and O–H groups in total. The molecule has 0 aromatic heterocycles. The van der Waals surface area contributed by atoms with E-state index in [1.54, 1.807) is 5.57 Å². The minimum Gasteiger partial charge on any atom is -0.299 e. The zero-order chi connectivity index (χ0) is 16.9. The number of ketones is 1. The van der Waals surface area contributed by atoms with E-state index in [-0.39, 0.29) is 10.2 Å². The molecule has 0 aromatic rings. The van der Waals surface area contributed by atoms with E-state index in [9.17, 15) is 4.79 Å². The second-order valence-electron chi connectivity index (χ2n) is 8.43. The molecule has 5 atom stereocenters. The average molecular weight is 363 g/mol. The molecule has 4 rings (SSSR count). The van der Waals surface area contributed by atoms with Crippen LogP contribution in [-0.4, -0.2) is 27.3 Å². The minimum absolute atomic E-state index is 0.0795. The van der Waals surface area contributed by atoms with E-state index < -0.39 is 0 Å². The fourth-order valence-electron chi connectivity index (χ4n) is 5.60. The topological polar surface area (TPSA) is 17.1 Å². The third-order valence-electron chi connectivity index (χ3n) is 7.14. The maximum Gasteiger partial charge on any atom is 0.141 e. The smallest absolute Gasteiger partial charge is 0.141 e. The van der Waals surface area contributed by atoms with Gasteiger partial charge in [-0.1, -0.05) is 30.7 Å². The Morgan fingerprint density at radius 1 is 1.29 bits per heavy atom. The van der Waals surface area contributed by atoms with Crippen molar-refractivity contribution in [3.8, 4) is 0 Å². The summed E-state index contributed by atoms with van der Waals surface area (Å²) in [6.07, 6.45) is 10.9. The Morgan fingerprint density at radius 2 is 2.12 bits per heavy atom. The summed E-state index contributed by atoms with van der Waals surface area (Å²) in [7, 11) is 0. The van der Waals surface area contributed by atoms with Gasteiger partial charge in [0, 0.05) is 21.8 Å². The van der Waals surface area contributed by atoms with Gasteiger partial charge in [0.25, 0.3) is 0 Å². The normalized spacial score (nSPS) is 45.3. The Kier molecular flexibility index (Phi) is 4.48. The van der Waals surface area contributed by atoms with Gasteiger partial charge in [-0.15, -0.1) is 0 Å². The van der Waals surface area contributed by atoms with Gasteiger partial charge in [-0.3, -0.25) is 4.79 Å². The third kappa shape index (κ3) is 2.33. The lowest BCUT2D eigenvalue weighted by atomic mass is 9.79. The summed E-state index contributed by atoms with van der Waals surface area (Å²) in [6, 6.07) is 0. The molecule has 1 saturated heterocycles. The van der Waals surface area contributed by atoms with E-state index in [1.807, 2.05) is 0 Å². The molecule has 0 aromatic carbocycles. The molecule has 0 amide bonds. The molecule has 1 nitrogen and oxygen atoms in total. The number of rotatable bonds is 2. The highest BCUT2D eigenvalue weighted by molar-refractivity contribution is 8.05. The molecule has 3 aliphatic carbocycles. The third-order valence-corrected chi connectivity index (χ3v) is 10.7. The molecule has 132 valence electrons. The van der Waals surface area contributed by atoms with Crippen LogP contribution in [0.2, 0.25) is 0 Å². The van der Waals surface area contributed by atoms with Crippen molar-refractivity contribution in [2.45, 2.75) is 68.8 Å². The number of Topliss-reactive ketones (excluding diaryl/α,β-unsaturated/α-hetero) is 1. The largest absolute Gasteiger partial charge is 0.299 e. The van der Waals surface area contributed by atoms with Crippen LogP contribution in [0.1, 0.15) is 58.8 Å². The Bertz CT molecular complexity index is 595.